The van der Waals surface area contributed by atoms with Crippen LogP contribution in [0.15, 0.2) is 48.5 Å². The highest BCUT2D eigenvalue weighted by molar-refractivity contribution is 7.99. The van der Waals surface area contributed by atoms with Crippen molar-refractivity contribution < 1.29 is 9.47 Å². The fraction of sp³-hybridized carbons (Fsp3) is 0.500. The molecular weight excluding hydrogens is 352 g/mol. The highest BCUT2D eigenvalue weighted by Crippen LogP contribution is 2.17. The second kappa shape index (κ2) is 13.5. The summed E-state index contributed by atoms with van der Waals surface area (Å²) in [5, 5.41) is 0. The van der Waals surface area contributed by atoms with Crippen molar-refractivity contribution in [3.8, 4) is 11.5 Å². The van der Waals surface area contributed by atoms with Gasteiger partial charge in [0.15, 0.2) is 0 Å². The van der Waals surface area contributed by atoms with E-state index in [9.17, 15) is 0 Å². The number of hydrogen-bond donors (Lipinski definition) is 0. The Morgan fingerprint density at radius 3 is 1.56 bits per heavy atom. The Bertz CT molecular complexity index is 586. The number of unbranched alkanes of at least 4 members (excludes halogenated alkanes) is 4. The highest BCUT2D eigenvalue weighted by Gasteiger charge is 1.98. The summed E-state index contributed by atoms with van der Waals surface area (Å²) in [5.41, 5.74) is 2.77. The summed E-state index contributed by atoms with van der Waals surface area (Å²) >= 11 is 2.12. The van der Waals surface area contributed by atoms with Crippen LogP contribution in [0, 0.1) is 0 Å². The van der Waals surface area contributed by atoms with Gasteiger partial charge in [-0.15, -0.1) is 0 Å². The molecule has 2 aromatic rings. The van der Waals surface area contributed by atoms with Crippen LogP contribution in [0.4, 0.5) is 0 Å². The van der Waals surface area contributed by atoms with Gasteiger partial charge in [0.05, 0.1) is 14.2 Å². The average Bonchev–Trinajstić information content (AvgIpc) is 2.72. The van der Waals surface area contributed by atoms with Gasteiger partial charge in [-0.25, -0.2) is 0 Å². The SMILES string of the molecule is COc1cccc(CCCCCSCCCCCc2cccc(OC)c2)c1. The first-order valence-corrected chi connectivity index (χ1v) is 11.3. The van der Waals surface area contributed by atoms with Gasteiger partial charge in [0.25, 0.3) is 0 Å². The van der Waals surface area contributed by atoms with Crippen LogP contribution in [0.25, 0.3) is 0 Å². The van der Waals surface area contributed by atoms with E-state index in [1.54, 1.807) is 14.2 Å². The Labute approximate surface area is 169 Å². The molecule has 3 heteroatoms. The zero-order valence-corrected chi connectivity index (χ0v) is 17.7. The summed E-state index contributed by atoms with van der Waals surface area (Å²) in [6.45, 7) is 0. The van der Waals surface area contributed by atoms with E-state index in [-0.39, 0.29) is 0 Å². The van der Waals surface area contributed by atoms with E-state index < -0.39 is 0 Å². The predicted octanol–water partition coefficient (Wildman–Crippen LogP) is 6.56. The summed E-state index contributed by atoms with van der Waals surface area (Å²) in [4.78, 5) is 0. The Balaban J connectivity index is 1.41. The molecule has 0 aromatic heterocycles. The van der Waals surface area contributed by atoms with Crippen LogP contribution in [0.5, 0.6) is 11.5 Å². The molecule has 0 N–H and O–H groups in total. The standard InChI is InChI=1S/C24H34O2S/c1-25-23-15-9-13-21(19-23)11-5-3-7-17-27-18-8-4-6-12-22-14-10-16-24(20-22)26-2/h9-10,13-16,19-20H,3-8,11-12,17-18H2,1-2H3. The van der Waals surface area contributed by atoms with Gasteiger partial charge in [0.2, 0.25) is 0 Å². The van der Waals surface area contributed by atoms with Crippen molar-refractivity contribution in [3.63, 3.8) is 0 Å². The largest absolute Gasteiger partial charge is 0.497 e. The second-order valence-electron chi connectivity index (χ2n) is 6.94. The van der Waals surface area contributed by atoms with Crippen LogP contribution in [0.3, 0.4) is 0 Å². The molecule has 2 aromatic carbocycles. The highest BCUT2D eigenvalue weighted by atomic mass is 32.2. The van der Waals surface area contributed by atoms with Crippen molar-refractivity contribution in [2.45, 2.75) is 51.4 Å². The number of hydrogen-bond acceptors (Lipinski definition) is 3. The Kier molecular flexibility index (Phi) is 10.9. The zero-order chi connectivity index (χ0) is 19.2. The van der Waals surface area contributed by atoms with Crippen LogP contribution in [0.1, 0.15) is 49.7 Å². The van der Waals surface area contributed by atoms with Gasteiger partial charge in [0, 0.05) is 0 Å². The number of benzene rings is 2. The van der Waals surface area contributed by atoms with Crippen LogP contribution in [-0.4, -0.2) is 25.7 Å². The number of methoxy groups -OCH3 is 2. The van der Waals surface area contributed by atoms with E-state index in [0.717, 1.165) is 24.3 Å². The van der Waals surface area contributed by atoms with Gasteiger partial charge >= 0.3 is 0 Å². The molecule has 0 saturated heterocycles. The van der Waals surface area contributed by atoms with Gasteiger partial charge in [0.1, 0.15) is 11.5 Å². The third-order valence-corrected chi connectivity index (χ3v) is 5.93. The second-order valence-corrected chi connectivity index (χ2v) is 8.16. The Morgan fingerprint density at radius 1 is 0.630 bits per heavy atom. The minimum absolute atomic E-state index is 0.967. The molecule has 0 saturated carbocycles. The van der Waals surface area contributed by atoms with E-state index in [0.29, 0.717) is 0 Å². The van der Waals surface area contributed by atoms with E-state index in [1.807, 2.05) is 12.1 Å². The molecule has 0 heterocycles. The monoisotopic (exact) mass is 386 g/mol. The summed E-state index contributed by atoms with van der Waals surface area (Å²) in [7, 11) is 3.46. The van der Waals surface area contributed by atoms with E-state index >= 15 is 0 Å². The number of ether oxygens (including phenoxy) is 2. The number of aryl methyl sites for hydroxylation is 2. The zero-order valence-electron chi connectivity index (χ0n) is 16.9. The maximum atomic E-state index is 5.28. The molecule has 148 valence electrons. The molecular formula is C24H34O2S. The van der Waals surface area contributed by atoms with Gasteiger partial charge in [-0.05, 0) is 85.4 Å². The van der Waals surface area contributed by atoms with Crippen LogP contribution < -0.4 is 9.47 Å². The lowest BCUT2D eigenvalue weighted by Gasteiger charge is -2.06. The van der Waals surface area contributed by atoms with E-state index in [4.69, 9.17) is 9.47 Å². The van der Waals surface area contributed by atoms with Crippen molar-refractivity contribution in [1.82, 2.24) is 0 Å². The van der Waals surface area contributed by atoms with Gasteiger partial charge in [-0.3, -0.25) is 0 Å². The third-order valence-electron chi connectivity index (χ3n) is 4.78. The van der Waals surface area contributed by atoms with Crippen molar-refractivity contribution in [3.05, 3.63) is 59.7 Å². The molecule has 0 amide bonds. The molecule has 2 rings (SSSR count). The van der Waals surface area contributed by atoms with Gasteiger partial charge in [-0.2, -0.15) is 11.8 Å². The summed E-state index contributed by atoms with van der Waals surface area (Å²) in [5.74, 6) is 4.53. The maximum absolute atomic E-state index is 5.28. The molecule has 0 spiro atoms. The lowest BCUT2D eigenvalue weighted by atomic mass is 10.1. The molecule has 0 aliphatic heterocycles. The molecule has 2 nitrogen and oxygen atoms in total. The van der Waals surface area contributed by atoms with Crippen molar-refractivity contribution >= 4 is 11.8 Å². The van der Waals surface area contributed by atoms with Crippen LogP contribution in [0.2, 0.25) is 0 Å². The Morgan fingerprint density at radius 2 is 1.11 bits per heavy atom. The lowest BCUT2D eigenvalue weighted by Crippen LogP contribution is -1.91. The third kappa shape index (κ3) is 9.23. The first-order valence-electron chi connectivity index (χ1n) is 10.2. The van der Waals surface area contributed by atoms with Crippen molar-refractivity contribution in [1.29, 1.82) is 0 Å². The molecule has 27 heavy (non-hydrogen) atoms. The first kappa shape index (κ1) is 21.7. The minimum atomic E-state index is 0.967. The van der Waals surface area contributed by atoms with E-state index in [1.165, 1.54) is 61.2 Å². The maximum Gasteiger partial charge on any atom is 0.119 e. The molecule has 0 atom stereocenters. The normalized spacial score (nSPS) is 10.7. The van der Waals surface area contributed by atoms with Gasteiger partial charge in [-0.1, -0.05) is 37.1 Å². The van der Waals surface area contributed by atoms with E-state index in [2.05, 4.69) is 48.2 Å². The molecule has 0 bridgehead atoms. The number of thioether (sulfide) groups is 1. The average molecular weight is 387 g/mol. The smallest absolute Gasteiger partial charge is 0.119 e. The summed E-state index contributed by atoms with van der Waals surface area (Å²) in [6, 6.07) is 16.9. The molecule has 0 radical (unpaired) electrons. The predicted molar refractivity (Wildman–Crippen MR) is 118 cm³/mol. The molecule has 0 fully saturated rings. The molecule has 0 aliphatic carbocycles. The van der Waals surface area contributed by atoms with Gasteiger partial charge < -0.3 is 9.47 Å². The topological polar surface area (TPSA) is 18.5 Å². The van der Waals surface area contributed by atoms with Crippen molar-refractivity contribution in [2.24, 2.45) is 0 Å². The first-order chi connectivity index (χ1) is 13.3. The Hall–Kier alpha value is -1.61. The van der Waals surface area contributed by atoms with Crippen LogP contribution >= 0.6 is 11.8 Å². The lowest BCUT2D eigenvalue weighted by molar-refractivity contribution is 0.414. The molecule has 0 aliphatic rings. The van der Waals surface area contributed by atoms with Crippen molar-refractivity contribution in [2.75, 3.05) is 25.7 Å². The fourth-order valence-electron chi connectivity index (χ4n) is 3.18. The minimum Gasteiger partial charge on any atom is -0.497 e. The molecule has 0 unspecified atom stereocenters. The van der Waals surface area contributed by atoms with Crippen LogP contribution in [-0.2, 0) is 12.8 Å². The number of rotatable bonds is 14. The quantitative estimate of drug-likeness (QED) is 0.342. The summed E-state index contributed by atoms with van der Waals surface area (Å²) < 4.78 is 10.6. The fourth-order valence-corrected chi connectivity index (χ4v) is 4.20. The summed E-state index contributed by atoms with van der Waals surface area (Å²) in [6.07, 6.45) is 10.2.